The fraction of sp³-hybridized carbons (Fsp3) is 0.633. The summed E-state index contributed by atoms with van der Waals surface area (Å²) in [7, 11) is 3.59. The Labute approximate surface area is 235 Å². The molecule has 3 rings (SSSR count). The fourth-order valence-corrected chi connectivity index (χ4v) is 4.68. The third kappa shape index (κ3) is 10.7. The highest BCUT2D eigenvalue weighted by Crippen LogP contribution is 2.27. The van der Waals surface area contributed by atoms with Crippen LogP contribution in [0.3, 0.4) is 0 Å². The molecule has 39 heavy (non-hydrogen) atoms. The zero-order valence-electron chi connectivity index (χ0n) is 25.2. The van der Waals surface area contributed by atoms with Crippen LogP contribution in [-0.2, 0) is 20.9 Å². The van der Waals surface area contributed by atoms with E-state index in [2.05, 4.69) is 32.2 Å². The number of hydrogen-bond donors (Lipinski definition) is 1. The van der Waals surface area contributed by atoms with E-state index in [4.69, 9.17) is 0 Å². The number of hydrogen-bond acceptors (Lipinski definition) is 5. The molecule has 2 heterocycles. The van der Waals surface area contributed by atoms with Crippen molar-refractivity contribution in [3.05, 3.63) is 47.3 Å². The molecule has 220 valence electrons. The van der Waals surface area contributed by atoms with E-state index < -0.39 is 12.2 Å². The molecule has 0 radical (unpaired) electrons. The van der Waals surface area contributed by atoms with Gasteiger partial charge in [0.25, 0.3) is 0 Å². The standard InChI is InChI=1S/C15H26N4O3.C8H10FN.C7H14/c1-5-6-17-8-13-18(10-20)16(4)9-14(21)19(13)12(15(17)22)7-11(2)3;1-10-6-7-2-4-8(9)5-3-7;1-4-6-7(3)5-2/h10-13H,5-9H2,1-4H3;2-5,10H,6H2,1H3;5H,4,6H2,1-3H3/b;;7-5-/t12-,13?;;/m0../s1. The summed E-state index contributed by atoms with van der Waals surface area (Å²) >= 11 is 0. The molecule has 0 spiro atoms. The molecular weight excluding hydrogens is 497 g/mol. The van der Waals surface area contributed by atoms with Crippen molar-refractivity contribution in [3.63, 3.8) is 0 Å². The van der Waals surface area contributed by atoms with Crippen LogP contribution in [0.2, 0.25) is 0 Å². The maximum absolute atomic E-state index is 12.7. The highest BCUT2D eigenvalue weighted by molar-refractivity contribution is 5.90. The van der Waals surface area contributed by atoms with Crippen LogP contribution < -0.4 is 5.32 Å². The number of benzene rings is 1. The molecule has 0 bridgehead atoms. The molecule has 3 amide bonds. The second-order valence-corrected chi connectivity index (χ2v) is 10.6. The SMILES string of the molecule is C/C=C(/C)CCC.CCCN1CC2N(C(=O)CN(C)N2C=O)[C@@H](CC(C)C)C1=O.CNCc1ccc(F)cc1. The van der Waals surface area contributed by atoms with Crippen molar-refractivity contribution in [2.75, 3.05) is 33.7 Å². The number of rotatable bonds is 9. The summed E-state index contributed by atoms with van der Waals surface area (Å²) in [6, 6.07) is 6.01. The number of hydrazine groups is 1. The summed E-state index contributed by atoms with van der Waals surface area (Å²) in [5.74, 6) is 0.0458. The molecule has 0 aliphatic carbocycles. The minimum atomic E-state index is -0.464. The normalized spacial score (nSPS) is 19.7. The van der Waals surface area contributed by atoms with Gasteiger partial charge in [-0.15, -0.1) is 0 Å². The van der Waals surface area contributed by atoms with Gasteiger partial charge >= 0.3 is 0 Å². The molecule has 1 N–H and O–H groups in total. The average molecular weight is 548 g/mol. The summed E-state index contributed by atoms with van der Waals surface area (Å²) in [5.41, 5.74) is 2.60. The van der Waals surface area contributed by atoms with Crippen molar-refractivity contribution >= 4 is 18.2 Å². The molecule has 1 aromatic carbocycles. The molecule has 0 saturated carbocycles. The molecule has 1 unspecified atom stereocenters. The maximum Gasteiger partial charge on any atom is 0.245 e. The Morgan fingerprint density at radius 2 is 1.79 bits per heavy atom. The summed E-state index contributed by atoms with van der Waals surface area (Å²) in [6.45, 7) is 14.5. The van der Waals surface area contributed by atoms with E-state index in [1.165, 1.54) is 35.6 Å². The van der Waals surface area contributed by atoms with Crippen LogP contribution >= 0.6 is 0 Å². The van der Waals surface area contributed by atoms with Crippen LogP contribution in [-0.4, -0.2) is 84.0 Å². The van der Waals surface area contributed by atoms with Gasteiger partial charge in [0.1, 0.15) is 18.0 Å². The van der Waals surface area contributed by atoms with Crippen molar-refractivity contribution in [1.29, 1.82) is 0 Å². The number of carbonyl (C=O) groups is 3. The highest BCUT2D eigenvalue weighted by atomic mass is 19.1. The third-order valence-corrected chi connectivity index (χ3v) is 6.72. The summed E-state index contributed by atoms with van der Waals surface area (Å²) in [4.78, 5) is 40.1. The molecule has 2 saturated heterocycles. The van der Waals surface area contributed by atoms with Gasteiger partial charge in [0, 0.05) is 20.1 Å². The summed E-state index contributed by atoms with van der Waals surface area (Å²) in [5, 5.41) is 6.14. The van der Waals surface area contributed by atoms with Crippen LogP contribution in [0.4, 0.5) is 4.39 Å². The smallest absolute Gasteiger partial charge is 0.245 e. The van der Waals surface area contributed by atoms with Crippen LogP contribution in [0, 0.1) is 11.7 Å². The predicted octanol–water partition coefficient (Wildman–Crippen LogP) is 4.42. The Morgan fingerprint density at radius 3 is 2.26 bits per heavy atom. The summed E-state index contributed by atoms with van der Waals surface area (Å²) < 4.78 is 12.3. The number of halogens is 1. The van der Waals surface area contributed by atoms with Gasteiger partial charge in [-0.25, -0.2) is 9.40 Å². The topological polar surface area (TPSA) is 76.2 Å². The second kappa shape index (κ2) is 17.7. The van der Waals surface area contributed by atoms with Crippen molar-refractivity contribution in [1.82, 2.24) is 25.1 Å². The van der Waals surface area contributed by atoms with E-state index in [1.54, 1.807) is 34.0 Å². The van der Waals surface area contributed by atoms with Gasteiger partial charge in [0.05, 0.1) is 13.1 Å². The number of allylic oxidation sites excluding steroid dienone is 2. The average Bonchev–Trinajstić information content (AvgIpc) is 2.89. The van der Waals surface area contributed by atoms with Gasteiger partial charge in [-0.05, 0) is 63.8 Å². The molecule has 1 aromatic rings. The lowest BCUT2D eigenvalue weighted by Crippen LogP contribution is -2.74. The van der Waals surface area contributed by atoms with Crippen LogP contribution in [0.5, 0.6) is 0 Å². The second-order valence-electron chi connectivity index (χ2n) is 10.6. The number of likely N-dealkylation sites (N-methyl/N-ethyl adjacent to an activating group) is 1. The van der Waals surface area contributed by atoms with E-state index in [-0.39, 0.29) is 24.2 Å². The van der Waals surface area contributed by atoms with Gasteiger partial charge in [-0.2, -0.15) is 0 Å². The van der Waals surface area contributed by atoms with Gasteiger partial charge in [-0.1, -0.05) is 57.9 Å². The molecule has 2 aliphatic rings. The number of nitrogens with zero attached hydrogens (tertiary/aromatic N) is 4. The molecule has 2 atom stereocenters. The zero-order valence-corrected chi connectivity index (χ0v) is 25.2. The van der Waals surface area contributed by atoms with Crippen LogP contribution in [0.15, 0.2) is 35.9 Å². The lowest BCUT2D eigenvalue weighted by molar-refractivity contribution is -0.197. The van der Waals surface area contributed by atoms with Gasteiger partial charge in [0.2, 0.25) is 18.2 Å². The van der Waals surface area contributed by atoms with Crippen molar-refractivity contribution in [2.45, 2.75) is 86.0 Å². The van der Waals surface area contributed by atoms with Crippen molar-refractivity contribution in [3.8, 4) is 0 Å². The lowest BCUT2D eigenvalue weighted by atomic mass is 9.97. The number of carbonyl (C=O) groups excluding carboxylic acids is 3. The molecule has 0 aromatic heterocycles. The van der Waals surface area contributed by atoms with Crippen LogP contribution in [0.25, 0.3) is 0 Å². The van der Waals surface area contributed by atoms with E-state index in [9.17, 15) is 18.8 Å². The Bertz CT molecular complexity index is 922. The van der Waals surface area contributed by atoms with Crippen molar-refractivity contribution in [2.24, 2.45) is 5.92 Å². The zero-order chi connectivity index (χ0) is 29.5. The number of piperazine rings is 1. The Morgan fingerprint density at radius 1 is 1.15 bits per heavy atom. The molecule has 2 fully saturated rings. The lowest BCUT2D eigenvalue weighted by Gasteiger charge is -2.53. The fourth-order valence-electron chi connectivity index (χ4n) is 4.68. The Balaban J connectivity index is 0.000000368. The quantitative estimate of drug-likeness (QED) is 0.366. The largest absolute Gasteiger partial charge is 0.337 e. The van der Waals surface area contributed by atoms with E-state index in [0.29, 0.717) is 25.4 Å². The van der Waals surface area contributed by atoms with E-state index in [1.807, 2.05) is 27.8 Å². The van der Waals surface area contributed by atoms with Crippen LogP contribution in [0.1, 0.15) is 72.8 Å². The van der Waals surface area contributed by atoms with Gasteiger partial charge in [-0.3, -0.25) is 19.4 Å². The first-order valence-electron chi connectivity index (χ1n) is 14.1. The van der Waals surface area contributed by atoms with E-state index in [0.717, 1.165) is 24.9 Å². The molecule has 2 aliphatic heterocycles. The monoisotopic (exact) mass is 547 g/mol. The number of nitrogens with one attached hydrogen (secondary N) is 1. The van der Waals surface area contributed by atoms with Gasteiger partial charge < -0.3 is 15.1 Å². The molecule has 8 nitrogen and oxygen atoms in total. The first kappa shape index (κ1) is 34.2. The van der Waals surface area contributed by atoms with Gasteiger partial charge in [0.15, 0.2) is 0 Å². The minimum Gasteiger partial charge on any atom is -0.337 e. The minimum absolute atomic E-state index is 0.00977. The first-order valence-corrected chi connectivity index (χ1v) is 14.1. The Hall–Kier alpha value is -2.78. The predicted molar refractivity (Wildman–Crippen MR) is 155 cm³/mol. The first-order chi connectivity index (χ1) is 18.5. The molecular formula is C30H50FN5O3. The van der Waals surface area contributed by atoms with E-state index >= 15 is 0 Å². The molecule has 9 heteroatoms. The highest BCUT2D eigenvalue weighted by Gasteiger charge is 2.48. The van der Waals surface area contributed by atoms with Crippen molar-refractivity contribution < 1.29 is 18.8 Å². The number of fused-ring (bicyclic) bond motifs is 1. The summed E-state index contributed by atoms with van der Waals surface area (Å²) in [6.07, 6.45) is 6.54. The third-order valence-electron chi connectivity index (χ3n) is 6.72. The maximum atomic E-state index is 12.7. The Kier molecular flexibility index (Phi) is 15.6. The number of amides is 3.